The van der Waals surface area contributed by atoms with Crippen LogP contribution in [0.15, 0.2) is 24.3 Å². The van der Waals surface area contributed by atoms with Crippen molar-refractivity contribution < 1.29 is 0 Å². The van der Waals surface area contributed by atoms with Gasteiger partial charge in [-0.1, -0.05) is 43.2 Å². The van der Waals surface area contributed by atoms with Crippen LogP contribution in [0.2, 0.25) is 0 Å². The van der Waals surface area contributed by atoms with Gasteiger partial charge in [-0.05, 0) is 55.0 Å². The van der Waals surface area contributed by atoms with Crippen LogP contribution < -0.4 is 0 Å². The Morgan fingerprint density at radius 3 is 1.75 bits per heavy atom. The van der Waals surface area contributed by atoms with Crippen molar-refractivity contribution in [3.63, 3.8) is 0 Å². The highest BCUT2D eigenvalue weighted by Crippen LogP contribution is 2.32. The highest BCUT2D eigenvalue weighted by atomic mass is 14.1. The maximum atomic E-state index is 2.36. The molecule has 0 atom stereocenters. The van der Waals surface area contributed by atoms with Gasteiger partial charge in [0.2, 0.25) is 0 Å². The van der Waals surface area contributed by atoms with Gasteiger partial charge in [0.1, 0.15) is 0 Å². The molecule has 2 rings (SSSR count). The first-order chi connectivity index (χ1) is 7.61. The maximum absolute atomic E-state index is 2.36. The molecule has 84 valence electrons. The Morgan fingerprint density at radius 2 is 1.31 bits per heavy atom. The molecule has 0 unspecified atom stereocenters. The lowest BCUT2D eigenvalue weighted by molar-refractivity contribution is 0.926. The van der Waals surface area contributed by atoms with E-state index in [2.05, 4.69) is 52.0 Å². The molecule has 0 heterocycles. The van der Waals surface area contributed by atoms with E-state index in [1.165, 1.54) is 46.2 Å². The van der Waals surface area contributed by atoms with E-state index in [1.54, 1.807) is 0 Å². The van der Waals surface area contributed by atoms with Crippen LogP contribution in [-0.4, -0.2) is 0 Å². The predicted molar refractivity (Wildman–Crippen MR) is 71.3 cm³/mol. The van der Waals surface area contributed by atoms with E-state index in [0.29, 0.717) is 0 Å². The molecule has 0 saturated heterocycles. The second-order valence-electron chi connectivity index (χ2n) is 4.84. The Labute approximate surface area is 98.7 Å². The fourth-order valence-corrected chi connectivity index (χ4v) is 2.53. The lowest BCUT2D eigenvalue weighted by Gasteiger charge is -1.98. The number of aryl methyl sites for hydroxylation is 4. The van der Waals surface area contributed by atoms with Gasteiger partial charge in [0.05, 0.1) is 0 Å². The summed E-state index contributed by atoms with van der Waals surface area (Å²) >= 11 is 0. The zero-order chi connectivity index (χ0) is 11.7. The van der Waals surface area contributed by atoms with Crippen molar-refractivity contribution >= 4 is 0 Å². The molecule has 0 fully saturated rings. The lowest BCUT2D eigenvalue weighted by atomic mass is 10.1. The van der Waals surface area contributed by atoms with Crippen molar-refractivity contribution in [1.29, 1.82) is 0 Å². The van der Waals surface area contributed by atoms with Crippen LogP contribution in [0, 0.1) is 20.8 Å². The van der Waals surface area contributed by atoms with Gasteiger partial charge in [0, 0.05) is 0 Å². The molecule has 0 saturated carbocycles. The molecule has 2 aliphatic carbocycles. The fraction of sp³-hybridized carbons (Fsp3) is 0.375. The van der Waals surface area contributed by atoms with E-state index in [0.717, 1.165) is 0 Å². The summed E-state index contributed by atoms with van der Waals surface area (Å²) in [5, 5.41) is 0. The van der Waals surface area contributed by atoms with E-state index in [9.17, 15) is 0 Å². The minimum Gasteiger partial charge on any atom is -0.0651 e. The molecule has 0 aromatic heterocycles. The summed E-state index contributed by atoms with van der Waals surface area (Å²) in [5.41, 5.74) is 8.46. The van der Waals surface area contributed by atoms with Crippen molar-refractivity contribution in [3.8, 4) is 11.1 Å². The van der Waals surface area contributed by atoms with Crippen LogP contribution >= 0.6 is 0 Å². The zero-order valence-corrected chi connectivity index (χ0v) is 10.7. The standard InChI is InChI=1S/C16H20/c1-5-6-14-9-15-12(3)7-11(2)8-13(4)16(15)10-14/h7-10H,5-6H2,1-4H3. The minimum absolute atomic E-state index is 1.19. The van der Waals surface area contributed by atoms with E-state index >= 15 is 0 Å². The summed E-state index contributed by atoms with van der Waals surface area (Å²) in [7, 11) is 0. The molecule has 2 aliphatic rings. The van der Waals surface area contributed by atoms with E-state index in [-0.39, 0.29) is 0 Å². The Kier molecular flexibility index (Phi) is 3.00. The highest BCUT2D eigenvalue weighted by molar-refractivity contribution is 5.74. The van der Waals surface area contributed by atoms with Crippen LogP contribution in [0.1, 0.15) is 35.6 Å². The van der Waals surface area contributed by atoms with Gasteiger partial charge in [-0.3, -0.25) is 0 Å². The molecule has 0 aromatic carbocycles. The van der Waals surface area contributed by atoms with E-state index in [4.69, 9.17) is 0 Å². The average Bonchev–Trinajstić information content (AvgIpc) is 2.58. The molecule has 0 aromatic rings. The molecule has 16 heavy (non-hydrogen) atoms. The third-order valence-electron chi connectivity index (χ3n) is 3.23. The van der Waals surface area contributed by atoms with Crippen LogP contribution in [-0.2, 0) is 6.42 Å². The molecule has 0 radical (unpaired) electrons. The normalized spacial score (nSPS) is 11.0. The smallest absolute Gasteiger partial charge is 0.0149 e. The Balaban J connectivity index is 2.66. The Hall–Kier alpha value is -1.30. The number of hydrogen-bond donors (Lipinski definition) is 0. The quantitative estimate of drug-likeness (QED) is 0.678. The predicted octanol–water partition coefficient (Wildman–Crippen LogP) is 4.67. The highest BCUT2D eigenvalue weighted by Gasteiger charge is 2.10. The summed E-state index contributed by atoms with van der Waals surface area (Å²) in [6, 6.07) is 9.29. The van der Waals surface area contributed by atoms with Crippen molar-refractivity contribution in [3.05, 3.63) is 46.5 Å². The summed E-state index contributed by atoms with van der Waals surface area (Å²) < 4.78 is 0. The third kappa shape index (κ3) is 1.97. The summed E-state index contributed by atoms with van der Waals surface area (Å²) in [4.78, 5) is 0. The first-order valence-electron chi connectivity index (χ1n) is 6.12. The van der Waals surface area contributed by atoms with Gasteiger partial charge in [0.15, 0.2) is 0 Å². The van der Waals surface area contributed by atoms with Gasteiger partial charge >= 0.3 is 0 Å². The van der Waals surface area contributed by atoms with Crippen LogP contribution in [0.3, 0.4) is 0 Å². The number of fused-ring (bicyclic) bond motifs is 1. The Bertz CT molecular complexity index is 440. The summed E-state index contributed by atoms with van der Waals surface area (Å²) in [5.74, 6) is 0. The first kappa shape index (κ1) is 11.2. The molecule has 0 N–H and O–H groups in total. The van der Waals surface area contributed by atoms with Crippen molar-refractivity contribution in [2.24, 2.45) is 0 Å². The molecular formula is C16H20. The molecule has 0 heteroatoms. The largest absolute Gasteiger partial charge is 0.0651 e. The monoisotopic (exact) mass is 212 g/mol. The SMILES string of the molecule is CCCc1cc2c(C)cc(C)cc(C)c-2c1. The third-order valence-corrected chi connectivity index (χ3v) is 3.23. The lowest BCUT2D eigenvalue weighted by Crippen LogP contribution is -1.75. The zero-order valence-electron chi connectivity index (χ0n) is 10.7. The molecule has 0 aliphatic heterocycles. The average molecular weight is 212 g/mol. The van der Waals surface area contributed by atoms with Gasteiger partial charge in [-0.15, -0.1) is 0 Å². The summed E-state index contributed by atoms with van der Waals surface area (Å²) in [6.45, 7) is 8.84. The van der Waals surface area contributed by atoms with Gasteiger partial charge in [-0.2, -0.15) is 0 Å². The number of hydrogen-bond acceptors (Lipinski definition) is 0. The topological polar surface area (TPSA) is 0 Å². The summed E-state index contributed by atoms with van der Waals surface area (Å²) in [6.07, 6.45) is 2.41. The van der Waals surface area contributed by atoms with Gasteiger partial charge < -0.3 is 0 Å². The van der Waals surface area contributed by atoms with E-state index in [1.807, 2.05) is 0 Å². The Morgan fingerprint density at radius 1 is 0.812 bits per heavy atom. The fourth-order valence-electron chi connectivity index (χ4n) is 2.53. The molecule has 0 bridgehead atoms. The van der Waals surface area contributed by atoms with Crippen LogP contribution in [0.25, 0.3) is 11.1 Å². The van der Waals surface area contributed by atoms with Gasteiger partial charge in [0.25, 0.3) is 0 Å². The van der Waals surface area contributed by atoms with Crippen molar-refractivity contribution in [1.82, 2.24) is 0 Å². The van der Waals surface area contributed by atoms with E-state index < -0.39 is 0 Å². The number of rotatable bonds is 2. The first-order valence-corrected chi connectivity index (χ1v) is 6.12. The van der Waals surface area contributed by atoms with Crippen molar-refractivity contribution in [2.75, 3.05) is 0 Å². The molecule has 0 nitrogen and oxygen atoms in total. The van der Waals surface area contributed by atoms with Crippen molar-refractivity contribution in [2.45, 2.75) is 40.5 Å². The van der Waals surface area contributed by atoms with Crippen LogP contribution in [0.5, 0.6) is 0 Å². The second kappa shape index (κ2) is 4.29. The van der Waals surface area contributed by atoms with Crippen LogP contribution in [0.4, 0.5) is 0 Å². The molecular weight excluding hydrogens is 192 g/mol. The molecule has 0 amide bonds. The maximum Gasteiger partial charge on any atom is -0.0149 e. The molecule has 0 spiro atoms. The second-order valence-corrected chi connectivity index (χ2v) is 4.84. The minimum atomic E-state index is 1.19. The van der Waals surface area contributed by atoms with Gasteiger partial charge in [-0.25, -0.2) is 0 Å².